The van der Waals surface area contributed by atoms with Crippen LogP contribution in [0.25, 0.3) is 0 Å². The quantitative estimate of drug-likeness (QED) is 0.305. The molecular weight excluding hydrogens is 668 g/mol. The maximum absolute atomic E-state index is 14.5. The third-order valence-electron chi connectivity index (χ3n) is 7.65. The van der Waals surface area contributed by atoms with Crippen molar-refractivity contribution in [1.82, 2.24) is 24.7 Å². The number of ether oxygens (including phenoxy) is 1. The molecule has 46 heavy (non-hydrogen) atoms. The number of aliphatic imine (C=N–C) groups is 1. The summed E-state index contributed by atoms with van der Waals surface area (Å²) in [4.78, 5) is 31.8. The van der Waals surface area contributed by atoms with Crippen LogP contribution >= 0.6 is 23.2 Å². The molecule has 0 radical (unpaired) electrons. The Morgan fingerprint density at radius 3 is 2.11 bits per heavy atom. The van der Waals surface area contributed by atoms with Gasteiger partial charge in [0.05, 0.1) is 24.0 Å². The first-order chi connectivity index (χ1) is 21.7. The Hall–Kier alpha value is -3.46. The van der Waals surface area contributed by atoms with Gasteiger partial charge in [-0.15, -0.1) is 0 Å². The Balaban J connectivity index is 1.60. The van der Waals surface area contributed by atoms with Gasteiger partial charge >= 0.3 is 12.2 Å². The lowest BCUT2D eigenvalue weighted by Gasteiger charge is -2.39. The van der Waals surface area contributed by atoms with Crippen LogP contribution in [0.1, 0.15) is 41.5 Å². The number of sulfone groups is 1. The largest absolute Gasteiger partial charge is 0.477 e. The number of amidine groups is 1. The Kier molecular flexibility index (Phi) is 10.1. The van der Waals surface area contributed by atoms with E-state index in [4.69, 9.17) is 32.9 Å². The summed E-state index contributed by atoms with van der Waals surface area (Å²) in [5.74, 6) is -1.70. The molecule has 0 saturated carbocycles. The molecule has 2 atom stereocenters. The molecule has 2 aromatic carbocycles. The van der Waals surface area contributed by atoms with Crippen molar-refractivity contribution in [3.05, 3.63) is 87.3 Å². The second kappa shape index (κ2) is 13.7. The maximum Gasteiger partial charge on any atom is 0.451 e. The van der Waals surface area contributed by atoms with E-state index in [1.807, 2.05) is 4.90 Å². The first kappa shape index (κ1) is 33.9. The Labute approximate surface area is 274 Å². The maximum atomic E-state index is 14.5. The average Bonchev–Trinajstić information content (AvgIpc) is 3.40. The van der Waals surface area contributed by atoms with Crippen molar-refractivity contribution in [3.63, 3.8) is 0 Å². The monoisotopic (exact) mass is 698 g/mol. The van der Waals surface area contributed by atoms with Crippen molar-refractivity contribution in [1.29, 1.82) is 0 Å². The minimum Gasteiger partial charge on any atom is -0.477 e. The lowest BCUT2D eigenvalue weighted by Crippen LogP contribution is -2.54. The van der Waals surface area contributed by atoms with Crippen LogP contribution in [0.5, 0.6) is 5.88 Å². The number of benzene rings is 2. The van der Waals surface area contributed by atoms with Crippen LogP contribution in [0, 0.1) is 0 Å². The average molecular weight is 700 g/mol. The van der Waals surface area contributed by atoms with Gasteiger partial charge in [-0.1, -0.05) is 47.5 Å². The number of aromatic nitrogens is 2. The van der Waals surface area contributed by atoms with Crippen LogP contribution < -0.4 is 4.74 Å². The van der Waals surface area contributed by atoms with Crippen LogP contribution in [0.2, 0.25) is 10.0 Å². The summed E-state index contributed by atoms with van der Waals surface area (Å²) in [7, 11) is -3.16. The lowest BCUT2D eigenvalue weighted by atomic mass is 9.94. The number of rotatable bonds is 8. The van der Waals surface area contributed by atoms with Gasteiger partial charge in [-0.3, -0.25) is 14.8 Å². The van der Waals surface area contributed by atoms with Gasteiger partial charge in [-0.2, -0.15) is 18.2 Å². The number of hydrogen-bond acceptors (Lipinski definition) is 8. The molecule has 10 nitrogen and oxygen atoms in total. The zero-order chi connectivity index (χ0) is 33.2. The molecule has 246 valence electrons. The zero-order valence-electron chi connectivity index (χ0n) is 24.9. The molecule has 2 amide bonds. The summed E-state index contributed by atoms with van der Waals surface area (Å²) in [5, 5.41) is 0.967. The molecular formula is C30H31Cl2F3N6O4S. The molecule has 0 unspecified atom stereocenters. The highest BCUT2D eigenvalue weighted by molar-refractivity contribution is 7.90. The van der Waals surface area contributed by atoms with Crippen molar-refractivity contribution in [2.75, 3.05) is 51.3 Å². The Morgan fingerprint density at radius 2 is 1.57 bits per heavy atom. The van der Waals surface area contributed by atoms with E-state index in [1.54, 1.807) is 60.4 Å². The lowest BCUT2D eigenvalue weighted by molar-refractivity contribution is -0.145. The number of amides is 2. The molecule has 16 heteroatoms. The standard InChI is InChI=1S/C30H31Cl2F3N6O4S/c1-3-45-27-23(18-36-28(38-27)30(33,34)35)26-37-24(19-4-8-21(31)9-5-19)25(20-6-10-22(32)11-7-20)41(26)29(42)40-14-12-39(13-15-40)16-17-46(2,43)44/h4-11,18,24-25H,3,12-17H2,1-2H3/t24-,25+/m1/s1. The van der Waals surface area contributed by atoms with Crippen LogP contribution in [0.4, 0.5) is 18.0 Å². The molecule has 1 saturated heterocycles. The minimum absolute atomic E-state index is 0.000579. The first-order valence-corrected chi connectivity index (χ1v) is 17.2. The van der Waals surface area contributed by atoms with Crippen molar-refractivity contribution in [2.45, 2.75) is 25.2 Å². The van der Waals surface area contributed by atoms with Gasteiger partial charge in [-0.05, 0) is 42.3 Å². The van der Waals surface area contributed by atoms with E-state index in [2.05, 4.69) is 9.97 Å². The number of halogens is 5. The third-order valence-corrected chi connectivity index (χ3v) is 9.07. The molecule has 5 rings (SSSR count). The molecule has 1 fully saturated rings. The van der Waals surface area contributed by atoms with Gasteiger partial charge in [-0.25, -0.2) is 18.2 Å². The summed E-state index contributed by atoms with van der Waals surface area (Å²) >= 11 is 12.4. The fourth-order valence-corrected chi connectivity index (χ4v) is 6.21. The summed E-state index contributed by atoms with van der Waals surface area (Å²) in [5.41, 5.74) is 1.40. The fraction of sp³-hybridized carbons (Fsp3) is 0.400. The third kappa shape index (κ3) is 7.73. The highest BCUT2D eigenvalue weighted by Crippen LogP contribution is 2.45. The highest BCUT2D eigenvalue weighted by atomic mass is 35.5. The van der Waals surface area contributed by atoms with Gasteiger partial charge in [0, 0.05) is 55.2 Å². The number of nitrogens with zero attached hydrogens (tertiary/aromatic N) is 6. The Bertz CT molecular complexity index is 1700. The van der Waals surface area contributed by atoms with E-state index in [1.165, 1.54) is 11.2 Å². The second-order valence-electron chi connectivity index (χ2n) is 10.9. The number of carbonyl (C=O) groups is 1. The molecule has 0 bridgehead atoms. The van der Waals surface area contributed by atoms with E-state index in [0.717, 1.165) is 6.20 Å². The van der Waals surface area contributed by atoms with E-state index < -0.39 is 40.0 Å². The summed E-state index contributed by atoms with van der Waals surface area (Å²) < 4.78 is 69.8. The normalized spacial score (nSPS) is 19.3. The number of hydrogen-bond donors (Lipinski definition) is 0. The number of piperazine rings is 1. The van der Waals surface area contributed by atoms with E-state index >= 15 is 0 Å². The summed E-state index contributed by atoms with van der Waals surface area (Å²) in [6.07, 6.45) is -2.67. The number of carbonyl (C=O) groups excluding carboxylic acids is 1. The molecule has 3 aromatic rings. The zero-order valence-corrected chi connectivity index (χ0v) is 27.2. The molecule has 2 aliphatic heterocycles. The van der Waals surface area contributed by atoms with E-state index in [-0.39, 0.29) is 42.7 Å². The summed E-state index contributed by atoms with van der Waals surface area (Å²) in [6.45, 7) is 3.38. The molecule has 3 heterocycles. The predicted octanol–water partition coefficient (Wildman–Crippen LogP) is 5.53. The molecule has 2 aliphatic rings. The summed E-state index contributed by atoms with van der Waals surface area (Å²) in [6, 6.07) is 11.9. The van der Waals surface area contributed by atoms with Crippen molar-refractivity contribution < 1.29 is 31.1 Å². The smallest absolute Gasteiger partial charge is 0.451 e. The van der Waals surface area contributed by atoms with Crippen LogP contribution in [0.15, 0.2) is 59.7 Å². The van der Waals surface area contributed by atoms with Crippen molar-refractivity contribution in [3.8, 4) is 5.88 Å². The Morgan fingerprint density at radius 1 is 0.978 bits per heavy atom. The SMILES string of the molecule is CCOc1nc(C(F)(F)F)ncc1C1=N[C@H](c2ccc(Cl)cc2)[C@H](c2ccc(Cl)cc2)N1C(=O)N1CCN(CCS(C)(=O)=O)CC1. The topological polar surface area (TPSA) is 108 Å². The van der Waals surface area contributed by atoms with Gasteiger partial charge in [0.2, 0.25) is 11.7 Å². The van der Waals surface area contributed by atoms with Crippen LogP contribution in [-0.4, -0.2) is 96.3 Å². The predicted molar refractivity (Wildman–Crippen MR) is 168 cm³/mol. The molecule has 0 N–H and O–H groups in total. The highest BCUT2D eigenvalue weighted by Gasteiger charge is 2.46. The van der Waals surface area contributed by atoms with E-state index in [0.29, 0.717) is 40.8 Å². The molecule has 1 aromatic heterocycles. The molecule has 0 aliphatic carbocycles. The molecule has 0 spiro atoms. The minimum atomic E-state index is -4.83. The number of urea groups is 1. The van der Waals surface area contributed by atoms with Gasteiger partial charge in [0.15, 0.2) is 0 Å². The fourth-order valence-electron chi connectivity index (χ4n) is 5.37. The van der Waals surface area contributed by atoms with Crippen molar-refractivity contribution in [2.24, 2.45) is 4.99 Å². The van der Waals surface area contributed by atoms with Gasteiger partial charge in [0.25, 0.3) is 0 Å². The second-order valence-corrected chi connectivity index (χ2v) is 14.0. The number of alkyl halides is 3. The van der Waals surface area contributed by atoms with Gasteiger partial charge in [0.1, 0.15) is 21.7 Å². The first-order valence-electron chi connectivity index (χ1n) is 14.4. The van der Waals surface area contributed by atoms with Crippen LogP contribution in [0.3, 0.4) is 0 Å². The van der Waals surface area contributed by atoms with Crippen LogP contribution in [-0.2, 0) is 16.0 Å². The van der Waals surface area contributed by atoms with Gasteiger partial charge < -0.3 is 9.64 Å². The van der Waals surface area contributed by atoms with E-state index in [9.17, 15) is 26.4 Å². The van der Waals surface area contributed by atoms with Crippen molar-refractivity contribution >= 4 is 44.9 Å².